The van der Waals surface area contributed by atoms with E-state index in [-0.39, 0.29) is 16.3 Å². The van der Waals surface area contributed by atoms with Gasteiger partial charge in [0.25, 0.3) is 5.69 Å². The number of rotatable bonds is 8. The Morgan fingerprint density at radius 1 is 1.03 bits per heavy atom. The molecule has 12 heteroatoms. The average Bonchev–Trinajstić information content (AvgIpc) is 2.67. The molecule has 174 valence electrons. The van der Waals surface area contributed by atoms with Gasteiger partial charge in [0.1, 0.15) is 6.04 Å². The number of benzene rings is 2. The highest BCUT2D eigenvalue weighted by Crippen LogP contribution is 2.29. The number of hydrogen-bond donors (Lipinski definition) is 1. The third-order valence-electron chi connectivity index (χ3n) is 4.90. The molecule has 2 rings (SSSR count). The fourth-order valence-electron chi connectivity index (χ4n) is 3.15. The number of nitro benzene ring substituents is 1. The molecule has 0 aliphatic heterocycles. The van der Waals surface area contributed by atoms with Crippen molar-refractivity contribution in [2.24, 2.45) is 0 Å². The number of sulfonamides is 1. The lowest BCUT2D eigenvalue weighted by atomic mass is 10.1. The minimum atomic E-state index is -3.97. The molecule has 2 aromatic rings. The minimum absolute atomic E-state index is 0.0366. The van der Waals surface area contributed by atoms with Crippen LogP contribution in [0.1, 0.15) is 31.0 Å². The topological polar surface area (TPSA) is 144 Å². The van der Waals surface area contributed by atoms with Crippen LogP contribution in [0.25, 0.3) is 0 Å². The Kier molecular flexibility index (Phi) is 7.30. The summed E-state index contributed by atoms with van der Waals surface area (Å²) in [4.78, 5) is 23.5. The Balaban J connectivity index is 2.33. The lowest BCUT2D eigenvalue weighted by Crippen LogP contribution is -2.48. The lowest BCUT2D eigenvalue weighted by molar-refractivity contribution is -0.384. The number of aryl methyl sites for hydroxylation is 1. The highest BCUT2D eigenvalue weighted by atomic mass is 32.2. The van der Waals surface area contributed by atoms with Crippen LogP contribution in [0, 0.1) is 17.0 Å². The van der Waals surface area contributed by atoms with Crippen LogP contribution in [0.15, 0.2) is 47.4 Å². The molecule has 0 aliphatic rings. The zero-order valence-electron chi connectivity index (χ0n) is 18.3. The molecule has 0 radical (unpaired) electrons. The molecule has 0 aromatic heterocycles. The molecule has 32 heavy (non-hydrogen) atoms. The van der Waals surface area contributed by atoms with E-state index in [0.29, 0.717) is 11.1 Å². The zero-order valence-corrected chi connectivity index (χ0v) is 19.9. The Morgan fingerprint density at radius 3 is 2.06 bits per heavy atom. The van der Waals surface area contributed by atoms with Crippen molar-refractivity contribution in [1.29, 1.82) is 0 Å². The van der Waals surface area contributed by atoms with Crippen LogP contribution in [-0.2, 0) is 24.7 Å². The first kappa shape index (κ1) is 25.3. The standard InChI is InChI=1S/C20H25N3O7S2/c1-13-6-9-17(23(25)26)12-19(13)22(32(5,29)30)15(3)20(24)21-14(2)16-7-10-18(11-8-16)31(4,27)28/h6-12,14-15H,1-5H3,(H,21,24). The van der Waals surface area contributed by atoms with E-state index < -0.39 is 42.8 Å². The van der Waals surface area contributed by atoms with Gasteiger partial charge in [0.05, 0.1) is 27.8 Å². The maximum atomic E-state index is 12.9. The highest BCUT2D eigenvalue weighted by molar-refractivity contribution is 7.92. The largest absolute Gasteiger partial charge is 0.348 e. The van der Waals surface area contributed by atoms with Crippen molar-refractivity contribution in [3.63, 3.8) is 0 Å². The summed E-state index contributed by atoms with van der Waals surface area (Å²) >= 11 is 0. The Bertz CT molecular complexity index is 1240. The number of amides is 1. The zero-order chi connectivity index (χ0) is 24.4. The molecule has 0 bridgehead atoms. The van der Waals surface area contributed by atoms with Gasteiger partial charge in [-0.25, -0.2) is 16.8 Å². The van der Waals surface area contributed by atoms with Crippen LogP contribution in [0.5, 0.6) is 0 Å². The number of carbonyl (C=O) groups is 1. The fraction of sp³-hybridized carbons (Fsp3) is 0.350. The van der Waals surface area contributed by atoms with Crippen molar-refractivity contribution in [3.8, 4) is 0 Å². The molecule has 0 spiro atoms. The van der Waals surface area contributed by atoms with E-state index in [0.717, 1.165) is 22.9 Å². The fourth-order valence-corrected chi connectivity index (χ4v) is 5.01. The molecule has 10 nitrogen and oxygen atoms in total. The molecular weight excluding hydrogens is 458 g/mol. The number of hydrogen-bond acceptors (Lipinski definition) is 7. The van der Waals surface area contributed by atoms with Crippen molar-refractivity contribution in [3.05, 3.63) is 63.7 Å². The van der Waals surface area contributed by atoms with Crippen molar-refractivity contribution >= 4 is 37.1 Å². The number of nitro groups is 1. The average molecular weight is 484 g/mol. The number of sulfone groups is 1. The van der Waals surface area contributed by atoms with Crippen molar-refractivity contribution in [2.45, 2.75) is 37.8 Å². The first-order valence-corrected chi connectivity index (χ1v) is 13.2. The smallest absolute Gasteiger partial charge is 0.271 e. The predicted octanol–water partition coefficient (Wildman–Crippen LogP) is 2.34. The van der Waals surface area contributed by atoms with Crippen molar-refractivity contribution < 1.29 is 26.6 Å². The van der Waals surface area contributed by atoms with Gasteiger partial charge < -0.3 is 5.32 Å². The molecule has 1 amide bonds. The number of carbonyl (C=O) groups excluding carboxylic acids is 1. The van der Waals surface area contributed by atoms with Gasteiger partial charge in [-0.05, 0) is 44.0 Å². The lowest BCUT2D eigenvalue weighted by Gasteiger charge is -2.30. The molecule has 0 fully saturated rings. The Hall–Kier alpha value is -2.99. The quantitative estimate of drug-likeness (QED) is 0.448. The van der Waals surface area contributed by atoms with E-state index in [4.69, 9.17) is 0 Å². The van der Waals surface area contributed by atoms with Crippen LogP contribution >= 0.6 is 0 Å². The third kappa shape index (κ3) is 5.82. The number of nitrogens with zero attached hydrogens (tertiary/aromatic N) is 2. The summed E-state index contributed by atoms with van der Waals surface area (Å²) in [6.07, 6.45) is 2.01. The number of anilines is 1. The van der Waals surface area contributed by atoms with Gasteiger partial charge in [0.15, 0.2) is 9.84 Å². The molecule has 1 N–H and O–H groups in total. The first-order chi connectivity index (χ1) is 14.6. The molecule has 0 saturated heterocycles. The minimum Gasteiger partial charge on any atom is -0.348 e. The molecular formula is C20H25N3O7S2. The Morgan fingerprint density at radius 2 is 1.59 bits per heavy atom. The highest BCUT2D eigenvalue weighted by Gasteiger charge is 2.32. The van der Waals surface area contributed by atoms with Gasteiger partial charge >= 0.3 is 0 Å². The van der Waals surface area contributed by atoms with Crippen LogP contribution in [0.2, 0.25) is 0 Å². The van der Waals surface area contributed by atoms with Gasteiger partial charge in [0.2, 0.25) is 15.9 Å². The summed E-state index contributed by atoms with van der Waals surface area (Å²) < 4.78 is 49.1. The van der Waals surface area contributed by atoms with Gasteiger partial charge in [0, 0.05) is 18.4 Å². The van der Waals surface area contributed by atoms with E-state index in [1.165, 1.54) is 31.2 Å². The van der Waals surface area contributed by atoms with Gasteiger partial charge in [-0.3, -0.25) is 19.2 Å². The van der Waals surface area contributed by atoms with Crippen LogP contribution in [0.4, 0.5) is 11.4 Å². The van der Waals surface area contributed by atoms with Crippen LogP contribution in [-0.4, -0.2) is 46.2 Å². The van der Waals surface area contributed by atoms with Crippen LogP contribution in [0.3, 0.4) is 0 Å². The van der Waals surface area contributed by atoms with Crippen molar-refractivity contribution in [2.75, 3.05) is 16.8 Å². The normalized spacial score (nSPS) is 13.8. The SMILES string of the molecule is Cc1ccc([N+](=O)[O-])cc1N(C(C)C(=O)NC(C)c1ccc(S(C)(=O)=O)cc1)S(C)(=O)=O. The summed E-state index contributed by atoms with van der Waals surface area (Å²) in [5, 5.41) is 13.9. The summed E-state index contributed by atoms with van der Waals surface area (Å²) in [7, 11) is -7.33. The molecule has 2 unspecified atom stereocenters. The monoisotopic (exact) mass is 483 g/mol. The molecule has 0 heterocycles. The number of non-ortho nitro benzene ring substituents is 1. The predicted molar refractivity (Wildman–Crippen MR) is 121 cm³/mol. The van der Waals surface area contributed by atoms with Crippen molar-refractivity contribution in [1.82, 2.24) is 5.32 Å². The second-order valence-electron chi connectivity index (χ2n) is 7.53. The second-order valence-corrected chi connectivity index (χ2v) is 11.4. The van der Waals surface area contributed by atoms with Crippen LogP contribution < -0.4 is 9.62 Å². The number of nitrogens with one attached hydrogen (secondary N) is 1. The maximum absolute atomic E-state index is 12.9. The molecule has 2 atom stereocenters. The molecule has 0 saturated carbocycles. The van der Waals surface area contributed by atoms with Gasteiger partial charge in [-0.2, -0.15) is 0 Å². The third-order valence-corrected chi connectivity index (χ3v) is 7.25. The summed E-state index contributed by atoms with van der Waals surface area (Å²) in [6.45, 7) is 4.64. The first-order valence-electron chi connectivity index (χ1n) is 9.47. The molecule has 0 aliphatic carbocycles. The molecule has 2 aromatic carbocycles. The summed E-state index contributed by atoms with van der Waals surface area (Å²) in [5.74, 6) is -0.624. The second kappa shape index (κ2) is 9.25. The van der Waals surface area contributed by atoms with Gasteiger partial charge in [-0.1, -0.05) is 18.2 Å². The maximum Gasteiger partial charge on any atom is 0.271 e. The summed E-state index contributed by atoms with van der Waals surface area (Å²) in [5.41, 5.74) is 0.807. The van der Waals surface area contributed by atoms with E-state index in [9.17, 15) is 31.7 Å². The Labute approximate surface area is 187 Å². The summed E-state index contributed by atoms with van der Waals surface area (Å²) in [6, 6.07) is 8.01. The van der Waals surface area contributed by atoms with Gasteiger partial charge in [-0.15, -0.1) is 0 Å². The van der Waals surface area contributed by atoms with E-state index in [1.807, 2.05) is 0 Å². The van der Waals surface area contributed by atoms with E-state index in [1.54, 1.807) is 26.0 Å². The van der Waals surface area contributed by atoms with E-state index >= 15 is 0 Å². The van der Waals surface area contributed by atoms with E-state index in [2.05, 4.69) is 5.32 Å².